The Morgan fingerprint density at radius 2 is 1.97 bits per heavy atom. The molecule has 0 saturated carbocycles. The summed E-state index contributed by atoms with van der Waals surface area (Å²) in [5.74, 6) is 1.38. The average molecular weight is 449 g/mol. The first kappa shape index (κ1) is 21.8. The summed E-state index contributed by atoms with van der Waals surface area (Å²) < 4.78 is 7.56. The van der Waals surface area contributed by atoms with Crippen molar-refractivity contribution in [2.24, 2.45) is 5.92 Å². The number of halogens is 1. The molecular formula is C25H25ClN4O2. The highest BCUT2D eigenvalue weighted by atomic mass is 35.5. The van der Waals surface area contributed by atoms with Gasteiger partial charge in [0, 0.05) is 23.8 Å². The van der Waals surface area contributed by atoms with Crippen LogP contribution in [-0.2, 0) is 6.54 Å². The van der Waals surface area contributed by atoms with E-state index in [1.54, 1.807) is 31.5 Å². The Bertz CT molecular complexity index is 1240. The van der Waals surface area contributed by atoms with Gasteiger partial charge in [-0.05, 0) is 47.9 Å². The van der Waals surface area contributed by atoms with Gasteiger partial charge in [0.25, 0.3) is 5.91 Å². The minimum absolute atomic E-state index is 0.0967. The molecule has 164 valence electrons. The lowest BCUT2D eigenvalue weighted by Gasteiger charge is -2.23. The number of rotatable bonds is 7. The summed E-state index contributed by atoms with van der Waals surface area (Å²) in [7, 11) is 1.64. The van der Waals surface area contributed by atoms with E-state index in [1.807, 2.05) is 42.5 Å². The fourth-order valence-electron chi connectivity index (χ4n) is 3.71. The number of amides is 1. The van der Waals surface area contributed by atoms with E-state index < -0.39 is 0 Å². The zero-order valence-electron chi connectivity index (χ0n) is 18.2. The molecule has 1 atom stereocenters. The summed E-state index contributed by atoms with van der Waals surface area (Å²) in [6.45, 7) is 4.68. The molecule has 0 aliphatic rings. The van der Waals surface area contributed by atoms with E-state index in [-0.39, 0.29) is 17.9 Å². The van der Waals surface area contributed by atoms with E-state index in [2.05, 4.69) is 28.7 Å². The molecular weight excluding hydrogens is 424 g/mol. The lowest BCUT2D eigenvalue weighted by atomic mass is 10.0. The molecule has 0 radical (unpaired) electrons. The number of hydrogen-bond donors (Lipinski definition) is 1. The van der Waals surface area contributed by atoms with Gasteiger partial charge in [-0.25, -0.2) is 4.98 Å². The van der Waals surface area contributed by atoms with Gasteiger partial charge < -0.3 is 14.6 Å². The van der Waals surface area contributed by atoms with Crippen LogP contribution in [0.3, 0.4) is 0 Å². The van der Waals surface area contributed by atoms with E-state index >= 15 is 0 Å². The zero-order chi connectivity index (χ0) is 22.7. The monoisotopic (exact) mass is 448 g/mol. The van der Waals surface area contributed by atoms with E-state index in [0.717, 1.165) is 28.2 Å². The van der Waals surface area contributed by atoms with E-state index in [0.29, 0.717) is 17.3 Å². The second-order valence-corrected chi connectivity index (χ2v) is 8.39. The van der Waals surface area contributed by atoms with Crippen LogP contribution in [0.5, 0.6) is 5.75 Å². The number of methoxy groups -OCH3 is 1. The molecule has 0 aliphatic heterocycles. The Hall–Kier alpha value is -3.38. The highest BCUT2D eigenvalue weighted by molar-refractivity contribution is 6.30. The number of pyridine rings is 1. The standard InChI is InChI=1S/C25H25ClN4O2/c1-16(2)23(29-25(31)21-9-4-5-12-27-21)24-28-20-11-10-19(32-3)14-22(20)30(24)15-17-7-6-8-18(26)13-17/h4-14,16,23H,15H2,1-3H3,(H,29,31). The highest BCUT2D eigenvalue weighted by Crippen LogP contribution is 2.29. The third-order valence-corrected chi connectivity index (χ3v) is 5.58. The third-order valence-electron chi connectivity index (χ3n) is 5.34. The quantitative estimate of drug-likeness (QED) is 0.418. The molecule has 32 heavy (non-hydrogen) atoms. The molecule has 0 bridgehead atoms. The fourth-order valence-corrected chi connectivity index (χ4v) is 3.92. The molecule has 0 spiro atoms. The summed E-state index contributed by atoms with van der Waals surface area (Å²) in [5, 5.41) is 3.81. The van der Waals surface area contributed by atoms with Crippen molar-refractivity contribution in [2.45, 2.75) is 26.4 Å². The normalized spacial score (nSPS) is 12.2. The first-order chi connectivity index (χ1) is 15.5. The number of ether oxygens (including phenoxy) is 1. The summed E-state index contributed by atoms with van der Waals surface area (Å²) in [4.78, 5) is 22.0. The topological polar surface area (TPSA) is 69.0 Å². The lowest BCUT2D eigenvalue weighted by Crippen LogP contribution is -2.34. The lowest BCUT2D eigenvalue weighted by molar-refractivity contribution is 0.0917. The van der Waals surface area contributed by atoms with Crippen molar-refractivity contribution in [3.05, 3.63) is 89.0 Å². The zero-order valence-corrected chi connectivity index (χ0v) is 19.0. The summed E-state index contributed by atoms with van der Waals surface area (Å²) >= 11 is 6.23. The van der Waals surface area contributed by atoms with Gasteiger partial charge >= 0.3 is 0 Å². The summed E-state index contributed by atoms with van der Waals surface area (Å²) in [6.07, 6.45) is 1.61. The number of aromatic nitrogens is 3. The van der Waals surface area contributed by atoms with Crippen LogP contribution in [0.1, 0.15) is 41.8 Å². The third kappa shape index (κ3) is 4.60. The van der Waals surface area contributed by atoms with Crippen molar-refractivity contribution in [1.82, 2.24) is 19.9 Å². The predicted octanol–water partition coefficient (Wildman–Crippen LogP) is 5.27. The summed E-state index contributed by atoms with van der Waals surface area (Å²) in [5.41, 5.74) is 3.18. The number of carbonyl (C=O) groups excluding carboxylic acids is 1. The minimum atomic E-state index is -0.318. The first-order valence-corrected chi connectivity index (χ1v) is 10.8. The number of benzene rings is 2. The van der Waals surface area contributed by atoms with Crippen molar-refractivity contribution >= 4 is 28.5 Å². The van der Waals surface area contributed by atoms with Crippen LogP contribution >= 0.6 is 11.6 Å². The Morgan fingerprint density at radius 1 is 1.12 bits per heavy atom. The molecule has 7 heteroatoms. The minimum Gasteiger partial charge on any atom is -0.497 e. The van der Waals surface area contributed by atoms with Gasteiger partial charge in [-0.1, -0.05) is 43.6 Å². The Morgan fingerprint density at radius 3 is 2.66 bits per heavy atom. The Kier molecular flexibility index (Phi) is 6.42. The van der Waals surface area contributed by atoms with Crippen molar-refractivity contribution in [1.29, 1.82) is 0 Å². The predicted molar refractivity (Wildman–Crippen MR) is 126 cm³/mol. The molecule has 2 heterocycles. The largest absolute Gasteiger partial charge is 0.497 e. The van der Waals surface area contributed by atoms with Crippen LogP contribution in [-0.4, -0.2) is 27.6 Å². The molecule has 0 aliphatic carbocycles. The molecule has 4 rings (SSSR count). The van der Waals surface area contributed by atoms with Crippen molar-refractivity contribution in [2.75, 3.05) is 7.11 Å². The Labute approximate surface area is 192 Å². The van der Waals surface area contributed by atoms with E-state index in [9.17, 15) is 4.79 Å². The first-order valence-electron chi connectivity index (χ1n) is 10.5. The number of nitrogens with zero attached hydrogens (tertiary/aromatic N) is 3. The molecule has 4 aromatic rings. The SMILES string of the molecule is COc1ccc2nc(C(NC(=O)c3ccccn3)C(C)C)n(Cc3cccc(Cl)c3)c2c1. The van der Waals surface area contributed by atoms with Gasteiger partial charge in [-0.3, -0.25) is 9.78 Å². The van der Waals surface area contributed by atoms with Gasteiger partial charge in [-0.15, -0.1) is 0 Å². The number of fused-ring (bicyclic) bond motifs is 1. The molecule has 1 unspecified atom stereocenters. The second kappa shape index (κ2) is 9.40. The molecule has 0 saturated heterocycles. The van der Waals surface area contributed by atoms with Gasteiger partial charge in [0.2, 0.25) is 0 Å². The van der Waals surface area contributed by atoms with Crippen LogP contribution in [0.25, 0.3) is 11.0 Å². The second-order valence-electron chi connectivity index (χ2n) is 7.95. The number of imidazole rings is 1. The number of nitrogens with one attached hydrogen (secondary N) is 1. The average Bonchev–Trinajstić information content (AvgIpc) is 3.14. The van der Waals surface area contributed by atoms with Crippen LogP contribution in [0.2, 0.25) is 5.02 Å². The highest BCUT2D eigenvalue weighted by Gasteiger charge is 2.26. The number of hydrogen-bond acceptors (Lipinski definition) is 4. The molecule has 2 aromatic heterocycles. The van der Waals surface area contributed by atoms with Gasteiger partial charge in [0.05, 0.1) is 24.2 Å². The molecule has 1 amide bonds. The fraction of sp³-hybridized carbons (Fsp3) is 0.240. The van der Waals surface area contributed by atoms with Crippen molar-refractivity contribution < 1.29 is 9.53 Å². The maximum atomic E-state index is 12.9. The Balaban J connectivity index is 1.80. The van der Waals surface area contributed by atoms with Crippen molar-refractivity contribution in [3.8, 4) is 5.75 Å². The van der Waals surface area contributed by atoms with Gasteiger partial charge in [0.15, 0.2) is 0 Å². The van der Waals surface area contributed by atoms with Crippen molar-refractivity contribution in [3.63, 3.8) is 0 Å². The van der Waals surface area contributed by atoms with Crippen LogP contribution in [0.15, 0.2) is 66.9 Å². The summed E-state index contributed by atoms with van der Waals surface area (Å²) in [6, 6.07) is 18.5. The van der Waals surface area contributed by atoms with E-state index in [4.69, 9.17) is 21.3 Å². The maximum absolute atomic E-state index is 12.9. The maximum Gasteiger partial charge on any atom is 0.270 e. The van der Waals surface area contributed by atoms with Crippen LogP contribution < -0.4 is 10.1 Å². The smallest absolute Gasteiger partial charge is 0.270 e. The molecule has 6 nitrogen and oxygen atoms in total. The molecule has 0 fully saturated rings. The van der Waals surface area contributed by atoms with Gasteiger partial charge in [0.1, 0.15) is 17.3 Å². The van der Waals surface area contributed by atoms with E-state index in [1.165, 1.54) is 0 Å². The van der Waals surface area contributed by atoms with Crippen LogP contribution in [0.4, 0.5) is 0 Å². The molecule has 2 aromatic carbocycles. The molecule has 1 N–H and O–H groups in total. The van der Waals surface area contributed by atoms with Crippen LogP contribution in [0, 0.1) is 5.92 Å². The van der Waals surface area contributed by atoms with Gasteiger partial charge in [-0.2, -0.15) is 0 Å². The number of carbonyl (C=O) groups is 1.